The van der Waals surface area contributed by atoms with Gasteiger partial charge in [-0.05, 0) is 0 Å². The minimum absolute atomic E-state index is 0. The molecule has 12 heteroatoms. The summed E-state index contributed by atoms with van der Waals surface area (Å²) in [6.45, 7) is 0. The molecule has 0 spiro atoms. The number of carbonyl (C=O) groups is 1. The number of aliphatic carboxylic acids is 1. The molecule has 97 valence electrons. The van der Waals surface area contributed by atoms with E-state index in [2.05, 4.69) is 0 Å². The minimum Gasteiger partial charge on any atom is -0.477 e. The molecule has 0 heterocycles. The second-order valence-electron chi connectivity index (χ2n) is 2.53. The third-order valence-electron chi connectivity index (χ3n) is 1.41. The molecule has 0 aromatic heterocycles. The minimum atomic E-state index is -7.16. The van der Waals surface area contributed by atoms with Crippen molar-refractivity contribution in [3.8, 4) is 0 Å². The van der Waals surface area contributed by atoms with Crippen molar-refractivity contribution in [2.24, 2.45) is 0 Å². The van der Waals surface area contributed by atoms with Crippen LogP contribution in [0.2, 0.25) is 0 Å². The second kappa shape index (κ2) is 5.23. The van der Waals surface area contributed by atoms with Crippen LogP contribution in [0.15, 0.2) is 0 Å². The van der Waals surface area contributed by atoms with E-state index in [9.17, 15) is 44.3 Å². The molecule has 0 aliphatic heterocycles. The van der Waals surface area contributed by atoms with Crippen molar-refractivity contribution >= 4 is 57.4 Å². The van der Waals surface area contributed by atoms with Crippen LogP contribution in [0.25, 0.3) is 0 Å². The van der Waals surface area contributed by atoms with E-state index in [-0.39, 0.29) is 51.4 Å². The van der Waals surface area contributed by atoms with Crippen LogP contribution >= 0.6 is 0 Å². The molecule has 0 aromatic carbocycles. The Labute approximate surface area is 130 Å². The van der Waals surface area contributed by atoms with Crippen LogP contribution in [0.4, 0.5) is 39.5 Å². The molecule has 2 nitrogen and oxygen atoms in total. The molecule has 0 aliphatic rings. The van der Waals surface area contributed by atoms with Crippen molar-refractivity contribution in [1.29, 1.82) is 0 Å². The summed E-state index contributed by atoms with van der Waals surface area (Å²) in [5.74, 6) is -24.6. The van der Waals surface area contributed by atoms with Crippen molar-refractivity contribution in [3.05, 3.63) is 0 Å². The predicted molar refractivity (Wildman–Crippen MR) is 34.3 cm³/mol. The maximum atomic E-state index is 12.1. The zero-order valence-electron chi connectivity index (χ0n) is 7.76. The Hall–Kier alpha value is 0.476. The maximum absolute atomic E-state index is 12.1. The fourth-order valence-corrected chi connectivity index (χ4v) is 0.509. The van der Waals surface area contributed by atoms with Crippen molar-refractivity contribution < 1.29 is 49.4 Å². The molecular formula is C5HF9KO2. The first-order valence-corrected chi connectivity index (χ1v) is 3.13. The van der Waals surface area contributed by atoms with E-state index < -0.39 is 29.9 Å². The third-order valence-corrected chi connectivity index (χ3v) is 1.41. The molecule has 1 radical (unpaired) electrons. The summed E-state index contributed by atoms with van der Waals surface area (Å²) in [5.41, 5.74) is 0. The van der Waals surface area contributed by atoms with Gasteiger partial charge in [-0.1, -0.05) is 0 Å². The maximum Gasteiger partial charge on any atom is 0.460 e. The fourth-order valence-electron chi connectivity index (χ4n) is 0.509. The van der Waals surface area contributed by atoms with Crippen molar-refractivity contribution in [2.75, 3.05) is 0 Å². The zero-order valence-corrected chi connectivity index (χ0v) is 10.9. The van der Waals surface area contributed by atoms with Gasteiger partial charge in [0.15, 0.2) is 0 Å². The summed E-state index contributed by atoms with van der Waals surface area (Å²) in [5, 5.41) is 7.48. The number of carboxylic acids is 1. The van der Waals surface area contributed by atoms with Gasteiger partial charge in [-0.2, -0.15) is 39.5 Å². The van der Waals surface area contributed by atoms with Gasteiger partial charge in [0.1, 0.15) is 0 Å². The van der Waals surface area contributed by atoms with Crippen LogP contribution in [-0.2, 0) is 4.79 Å². The molecule has 0 saturated carbocycles. The van der Waals surface area contributed by atoms with Gasteiger partial charge in [0.05, 0.1) is 0 Å². The SMILES string of the molecule is O=C(O)C(F)(F)C(F)(F)C(F)(F)C(F)(F)F.[K]. The first-order valence-electron chi connectivity index (χ1n) is 3.13. The van der Waals surface area contributed by atoms with Gasteiger partial charge in [-0.25, -0.2) is 4.79 Å². The topological polar surface area (TPSA) is 37.3 Å². The van der Waals surface area contributed by atoms with Gasteiger partial charge in [-0.15, -0.1) is 0 Å². The number of halogens is 9. The van der Waals surface area contributed by atoms with Gasteiger partial charge < -0.3 is 5.11 Å². The van der Waals surface area contributed by atoms with Crippen LogP contribution in [0.1, 0.15) is 0 Å². The Morgan fingerprint density at radius 3 is 1.24 bits per heavy atom. The Balaban J connectivity index is 0. The molecule has 0 bridgehead atoms. The van der Waals surface area contributed by atoms with E-state index in [0.717, 1.165) is 0 Å². The number of alkyl halides is 9. The van der Waals surface area contributed by atoms with Crippen molar-refractivity contribution in [2.45, 2.75) is 23.9 Å². The molecule has 0 aromatic rings. The van der Waals surface area contributed by atoms with E-state index in [0.29, 0.717) is 0 Å². The summed E-state index contributed by atoms with van der Waals surface area (Å²) in [7, 11) is 0. The molecule has 0 unspecified atom stereocenters. The second-order valence-corrected chi connectivity index (χ2v) is 2.53. The quantitative estimate of drug-likeness (QED) is 0.641. The molecule has 0 amide bonds. The normalized spacial score (nSPS) is 14.2. The molecule has 1 N–H and O–H groups in total. The third kappa shape index (κ3) is 3.08. The Bertz CT molecular complexity index is 296. The van der Waals surface area contributed by atoms with Gasteiger partial charge in [0.25, 0.3) is 0 Å². The average Bonchev–Trinajstić information content (AvgIpc) is 2.00. The predicted octanol–water partition coefficient (Wildman–Crippen LogP) is 2.16. The van der Waals surface area contributed by atoms with Crippen molar-refractivity contribution in [1.82, 2.24) is 0 Å². The summed E-state index contributed by atoms with van der Waals surface area (Å²) >= 11 is 0. The largest absolute Gasteiger partial charge is 0.477 e. The summed E-state index contributed by atoms with van der Waals surface area (Å²) < 4.78 is 106. The number of hydrogen-bond acceptors (Lipinski definition) is 1. The molecule has 0 saturated heterocycles. The fraction of sp³-hybridized carbons (Fsp3) is 0.800. The smallest absolute Gasteiger partial charge is 0.460 e. The van der Waals surface area contributed by atoms with Crippen LogP contribution in [0.5, 0.6) is 0 Å². The monoisotopic (exact) mass is 303 g/mol. The Morgan fingerprint density at radius 2 is 1.06 bits per heavy atom. The number of rotatable bonds is 3. The van der Waals surface area contributed by atoms with Crippen molar-refractivity contribution in [3.63, 3.8) is 0 Å². The summed E-state index contributed by atoms with van der Waals surface area (Å²) in [6.07, 6.45) is -7.00. The Morgan fingerprint density at radius 1 is 0.765 bits per heavy atom. The van der Waals surface area contributed by atoms with E-state index in [4.69, 9.17) is 5.11 Å². The molecule has 0 atom stereocenters. The van der Waals surface area contributed by atoms with E-state index in [1.54, 1.807) is 0 Å². The summed E-state index contributed by atoms with van der Waals surface area (Å²) in [4.78, 5) is 9.51. The Kier molecular flexibility index (Phi) is 6.09. The number of carboxylic acid groups (broad SMARTS) is 1. The first kappa shape index (κ1) is 19.8. The average molecular weight is 303 g/mol. The molecule has 0 fully saturated rings. The molecule has 17 heavy (non-hydrogen) atoms. The van der Waals surface area contributed by atoms with E-state index in [1.165, 1.54) is 0 Å². The molecule has 0 rings (SSSR count). The molecular weight excluding hydrogens is 302 g/mol. The first-order chi connectivity index (χ1) is 6.69. The van der Waals surface area contributed by atoms with E-state index >= 15 is 0 Å². The van der Waals surface area contributed by atoms with Crippen LogP contribution in [0, 0.1) is 0 Å². The standard InChI is InChI=1S/C5HF9O2.K/c6-2(7,1(15)16)3(8,9)4(10,11)5(12,13)14;/h(H,15,16);. The van der Waals surface area contributed by atoms with Crippen LogP contribution in [-0.4, -0.2) is 86.4 Å². The van der Waals surface area contributed by atoms with Crippen LogP contribution < -0.4 is 0 Å². The zero-order chi connectivity index (χ0) is 13.6. The molecule has 0 aliphatic carbocycles. The van der Waals surface area contributed by atoms with Gasteiger partial charge in [0.2, 0.25) is 0 Å². The number of hydrogen-bond donors (Lipinski definition) is 1. The van der Waals surface area contributed by atoms with Gasteiger partial charge in [0, 0.05) is 51.4 Å². The van der Waals surface area contributed by atoms with Crippen LogP contribution in [0.3, 0.4) is 0 Å². The van der Waals surface area contributed by atoms with Gasteiger partial charge >= 0.3 is 29.9 Å². The van der Waals surface area contributed by atoms with E-state index in [1.807, 2.05) is 0 Å². The van der Waals surface area contributed by atoms with Gasteiger partial charge in [-0.3, -0.25) is 0 Å². The summed E-state index contributed by atoms with van der Waals surface area (Å²) in [6, 6.07) is 0.